The first-order chi connectivity index (χ1) is 9.16. The second kappa shape index (κ2) is 5.42. The van der Waals surface area contributed by atoms with Crippen LogP contribution in [0.1, 0.15) is 43.4 Å². The smallest absolute Gasteiger partial charge is 0.228 e. The van der Waals surface area contributed by atoms with Crippen molar-refractivity contribution in [2.75, 3.05) is 25.1 Å². The Balaban J connectivity index is 1.68. The summed E-state index contributed by atoms with van der Waals surface area (Å²) in [5.74, 6) is 3.77. The molecule has 2 aliphatic rings. The molecule has 0 radical (unpaired) electrons. The van der Waals surface area contributed by atoms with E-state index in [1.165, 1.54) is 18.6 Å². The number of thioether (sulfide) groups is 1. The third-order valence-electron chi connectivity index (χ3n) is 4.28. The van der Waals surface area contributed by atoms with Gasteiger partial charge in [0.1, 0.15) is 0 Å². The first-order valence-electron chi connectivity index (χ1n) is 7.06. The van der Waals surface area contributed by atoms with E-state index in [0.29, 0.717) is 5.89 Å². The van der Waals surface area contributed by atoms with Crippen LogP contribution in [0.25, 0.3) is 0 Å². The highest BCUT2D eigenvalue weighted by Crippen LogP contribution is 2.31. The zero-order chi connectivity index (χ0) is 13.3. The normalized spacial score (nSPS) is 27.8. The predicted molar refractivity (Wildman–Crippen MR) is 76.1 cm³/mol. The highest BCUT2D eigenvalue weighted by atomic mass is 32.2. The molecule has 3 rings (SSSR count). The first kappa shape index (κ1) is 13.4. The summed E-state index contributed by atoms with van der Waals surface area (Å²) in [6, 6.07) is 0.286. The molecule has 1 saturated heterocycles. The minimum Gasteiger partial charge on any atom is -0.339 e. The summed E-state index contributed by atoms with van der Waals surface area (Å²) in [6.45, 7) is 1.08. The Kier molecular flexibility index (Phi) is 3.82. The van der Waals surface area contributed by atoms with E-state index in [4.69, 9.17) is 10.3 Å². The van der Waals surface area contributed by atoms with E-state index in [9.17, 15) is 0 Å². The van der Waals surface area contributed by atoms with Crippen molar-refractivity contribution in [3.05, 3.63) is 11.7 Å². The molecule has 1 unspecified atom stereocenters. The van der Waals surface area contributed by atoms with E-state index in [0.717, 1.165) is 37.4 Å². The molecule has 0 aromatic carbocycles. The van der Waals surface area contributed by atoms with E-state index >= 15 is 0 Å². The first-order valence-corrected chi connectivity index (χ1v) is 8.21. The average molecular weight is 282 g/mol. The summed E-state index contributed by atoms with van der Waals surface area (Å²) in [7, 11) is 2.13. The standard InChI is InChI=1S/C13H22N4OS/c1-17-6-7-19-9-10(17)12-15-11(18-16-12)8-13(14)4-2-3-5-13/h10H,2-9,14H2,1H3. The Hall–Kier alpha value is -0.590. The van der Waals surface area contributed by atoms with Crippen LogP contribution in [-0.2, 0) is 6.42 Å². The Morgan fingerprint density at radius 1 is 1.47 bits per heavy atom. The molecule has 2 N–H and O–H groups in total. The summed E-state index contributed by atoms with van der Waals surface area (Å²) in [4.78, 5) is 6.88. The van der Waals surface area contributed by atoms with Gasteiger partial charge in [-0.1, -0.05) is 18.0 Å². The summed E-state index contributed by atoms with van der Waals surface area (Å²) >= 11 is 1.95. The van der Waals surface area contributed by atoms with Crippen LogP contribution in [-0.4, -0.2) is 45.7 Å². The number of nitrogens with zero attached hydrogens (tertiary/aromatic N) is 3. The molecule has 0 amide bonds. The maximum atomic E-state index is 6.36. The van der Waals surface area contributed by atoms with Gasteiger partial charge in [0.25, 0.3) is 0 Å². The average Bonchev–Trinajstić information content (AvgIpc) is 3.00. The molecule has 19 heavy (non-hydrogen) atoms. The molecule has 6 heteroatoms. The maximum Gasteiger partial charge on any atom is 0.228 e. The van der Waals surface area contributed by atoms with Gasteiger partial charge in [-0.2, -0.15) is 16.7 Å². The lowest BCUT2D eigenvalue weighted by Crippen LogP contribution is -2.38. The van der Waals surface area contributed by atoms with Crippen molar-refractivity contribution in [1.29, 1.82) is 0 Å². The van der Waals surface area contributed by atoms with Crippen LogP contribution in [0.3, 0.4) is 0 Å². The van der Waals surface area contributed by atoms with Gasteiger partial charge in [0.2, 0.25) is 5.89 Å². The minimum absolute atomic E-state index is 0.114. The van der Waals surface area contributed by atoms with Gasteiger partial charge in [-0.3, -0.25) is 4.90 Å². The molecule has 1 aliphatic carbocycles. The number of rotatable bonds is 3. The zero-order valence-electron chi connectivity index (χ0n) is 11.5. The van der Waals surface area contributed by atoms with Gasteiger partial charge in [0, 0.05) is 30.0 Å². The van der Waals surface area contributed by atoms with Crippen molar-refractivity contribution in [2.24, 2.45) is 5.73 Å². The Labute approximate surface area is 118 Å². The minimum atomic E-state index is -0.114. The van der Waals surface area contributed by atoms with Crippen molar-refractivity contribution in [3.63, 3.8) is 0 Å². The van der Waals surface area contributed by atoms with Crippen molar-refractivity contribution in [2.45, 2.75) is 43.7 Å². The molecule has 106 valence electrons. The van der Waals surface area contributed by atoms with E-state index in [1.54, 1.807) is 0 Å². The highest BCUT2D eigenvalue weighted by Gasteiger charge is 2.32. The zero-order valence-corrected chi connectivity index (χ0v) is 12.3. The monoisotopic (exact) mass is 282 g/mol. The molecular weight excluding hydrogens is 260 g/mol. The van der Waals surface area contributed by atoms with Crippen LogP contribution in [0.5, 0.6) is 0 Å². The summed E-state index contributed by atoms with van der Waals surface area (Å²) in [5, 5.41) is 4.17. The Morgan fingerprint density at radius 2 is 2.26 bits per heavy atom. The lowest BCUT2D eigenvalue weighted by atomic mass is 9.95. The summed E-state index contributed by atoms with van der Waals surface area (Å²) in [5.41, 5.74) is 6.25. The van der Waals surface area contributed by atoms with Crippen molar-refractivity contribution in [3.8, 4) is 0 Å². The quantitative estimate of drug-likeness (QED) is 0.908. The largest absolute Gasteiger partial charge is 0.339 e. The van der Waals surface area contributed by atoms with Crippen LogP contribution in [0.4, 0.5) is 0 Å². The molecular formula is C13H22N4OS. The second-order valence-electron chi connectivity index (χ2n) is 5.86. The molecule has 2 fully saturated rings. The second-order valence-corrected chi connectivity index (χ2v) is 7.01. The molecule has 0 spiro atoms. The van der Waals surface area contributed by atoms with E-state index in [-0.39, 0.29) is 11.6 Å². The van der Waals surface area contributed by atoms with Crippen LogP contribution >= 0.6 is 11.8 Å². The summed E-state index contributed by atoms with van der Waals surface area (Å²) in [6.07, 6.45) is 5.32. The van der Waals surface area contributed by atoms with Crippen LogP contribution in [0.2, 0.25) is 0 Å². The molecule has 2 heterocycles. The molecule has 5 nitrogen and oxygen atoms in total. The van der Waals surface area contributed by atoms with Gasteiger partial charge in [0.15, 0.2) is 5.82 Å². The lowest BCUT2D eigenvalue weighted by molar-refractivity contribution is 0.255. The van der Waals surface area contributed by atoms with Gasteiger partial charge in [-0.15, -0.1) is 0 Å². The van der Waals surface area contributed by atoms with E-state index in [2.05, 4.69) is 22.1 Å². The maximum absolute atomic E-state index is 6.36. The Bertz CT molecular complexity index is 430. The van der Waals surface area contributed by atoms with E-state index in [1.807, 2.05) is 11.8 Å². The van der Waals surface area contributed by atoms with Gasteiger partial charge in [-0.05, 0) is 19.9 Å². The molecule has 1 aliphatic heterocycles. The molecule has 1 aromatic rings. The van der Waals surface area contributed by atoms with Gasteiger partial charge >= 0.3 is 0 Å². The fourth-order valence-electron chi connectivity index (χ4n) is 2.99. The molecule has 1 saturated carbocycles. The van der Waals surface area contributed by atoms with Gasteiger partial charge < -0.3 is 10.3 Å². The Morgan fingerprint density at radius 3 is 3.00 bits per heavy atom. The van der Waals surface area contributed by atoms with Gasteiger partial charge in [-0.25, -0.2) is 0 Å². The highest BCUT2D eigenvalue weighted by molar-refractivity contribution is 7.99. The number of hydrogen-bond acceptors (Lipinski definition) is 6. The van der Waals surface area contributed by atoms with Crippen LogP contribution in [0, 0.1) is 0 Å². The number of hydrogen-bond donors (Lipinski definition) is 1. The number of aromatic nitrogens is 2. The van der Waals surface area contributed by atoms with Crippen LogP contribution < -0.4 is 5.73 Å². The van der Waals surface area contributed by atoms with E-state index < -0.39 is 0 Å². The van der Waals surface area contributed by atoms with Crippen molar-refractivity contribution < 1.29 is 4.52 Å². The van der Waals surface area contributed by atoms with Gasteiger partial charge in [0.05, 0.1) is 6.04 Å². The molecule has 1 aromatic heterocycles. The van der Waals surface area contributed by atoms with Crippen molar-refractivity contribution in [1.82, 2.24) is 15.0 Å². The van der Waals surface area contributed by atoms with Crippen molar-refractivity contribution >= 4 is 11.8 Å². The third kappa shape index (κ3) is 2.95. The molecule has 1 atom stereocenters. The lowest BCUT2D eigenvalue weighted by Gasteiger charge is -2.29. The molecule has 0 bridgehead atoms. The topological polar surface area (TPSA) is 68.2 Å². The fourth-order valence-corrected chi connectivity index (χ4v) is 4.20. The van der Waals surface area contributed by atoms with Crippen LogP contribution in [0.15, 0.2) is 4.52 Å². The predicted octanol–water partition coefficient (Wildman–Crippen LogP) is 1.60. The summed E-state index contributed by atoms with van der Waals surface area (Å²) < 4.78 is 5.42. The number of nitrogens with two attached hydrogens (primary N) is 1. The fraction of sp³-hybridized carbons (Fsp3) is 0.846. The SMILES string of the molecule is CN1CCSCC1c1noc(CC2(N)CCCC2)n1. The third-order valence-corrected chi connectivity index (χ3v) is 5.30.